The largest absolute Gasteiger partial charge is 0.472 e. The van der Waals surface area contributed by atoms with Gasteiger partial charge in [-0.05, 0) is 61.2 Å². The first-order valence-corrected chi connectivity index (χ1v) is 14.3. The van der Waals surface area contributed by atoms with E-state index in [0.717, 1.165) is 33.0 Å². The van der Waals surface area contributed by atoms with Gasteiger partial charge in [-0.3, -0.25) is 14.2 Å². The predicted molar refractivity (Wildman–Crippen MR) is 160 cm³/mol. The molecule has 1 saturated heterocycles. The third-order valence-electron chi connectivity index (χ3n) is 7.12. The first-order chi connectivity index (χ1) is 19.9. The summed E-state index contributed by atoms with van der Waals surface area (Å²) in [6, 6.07) is 19.7. The Bertz CT molecular complexity index is 1660. The van der Waals surface area contributed by atoms with Crippen LogP contribution in [0.2, 0.25) is 0 Å². The van der Waals surface area contributed by atoms with Crippen LogP contribution in [0.1, 0.15) is 27.9 Å². The highest BCUT2D eigenvalue weighted by Gasteiger charge is 2.30. The fourth-order valence-electron chi connectivity index (χ4n) is 5.16. The van der Waals surface area contributed by atoms with Gasteiger partial charge in [-0.15, -0.1) is 0 Å². The molecule has 0 bridgehead atoms. The van der Waals surface area contributed by atoms with Crippen LogP contribution < -0.4 is 9.46 Å². The molecule has 1 fully saturated rings. The summed E-state index contributed by atoms with van der Waals surface area (Å²) in [5, 5.41) is 4.22. The van der Waals surface area contributed by atoms with Crippen molar-refractivity contribution in [1.82, 2.24) is 29.2 Å². The van der Waals surface area contributed by atoms with Gasteiger partial charge in [0.2, 0.25) is 11.8 Å². The molecule has 1 amide bonds. The van der Waals surface area contributed by atoms with E-state index < -0.39 is 0 Å². The molecule has 2 aromatic carbocycles. The zero-order valence-corrected chi connectivity index (χ0v) is 24.0. The molecule has 9 nitrogen and oxygen atoms in total. The fourth-order valence-corrected chi connectivity index (χ4v) is 5.76. The van der Waals surface area contributed by atoms with Crippen LogP contribution in [0.5, 0.6) is 5.88 Å². The van der Waals surface area contributed by atoms with Crippen LogP contribution in [-0.2, 0) is 7.05 Å². The molecular weight excluding hydrogens is 534 g/mol. The van der Waals surface area contributed by atoms with Gasteiger partial charge in [-0.2, -0.15) is 10.1 Å². The molecule has 1 atom stereocenters. The molecule has 0 spiro atoms. The number of nitrogens with zero attached hydrogens (tertiary/aromatic N) is 6. The zero-order valence-electron chi connectivity index (χ0n) is 23.2. The summed E-state index contributed by atoms with van der Waals surface area (Å²) >= 11 is 1.39. The van der Waals surface area contributed by atoms with Crippen molar-refractivity contribution < 1.29 is 9.53 Å². The summed E-state index contributed by atoms with van der Waals surface area (Å²) in [6.45, 7) is 5.25. The van der Waals surface area contributed by atoms with Gasteiger partial charge in [0, 0.05) is 50.2 Å². The molecule has 0 saturated carbocycles. The number of hydrogen-bond donors (Lipinski definition) is 1. The summed E-state index contributed by atoms with van der Waals surface area (Å²) in [4.78, 5) is 25.9. The highest BCUT2D eigenvalue weighted by molar-refractivity contribution is 8.00. The topological polar surface area (TPSA) is 90.1 Å². The average Bonchev–Trinajstić information content (AvgIpc) is 3.74. The Hall–Kier alpha value is -4.57. The number of aromatic nitrogens is 5. The molecule has 4 heterocycles. The van der Waals surface area contributed by atoms with Gasteiger partial charge in [0.15, 0.2) is 0 Å². The maximum absolute atomic E-state index is 13.6. The second-order valence-electron chi connectivity index (χ2n) is 10.1. The van der Waals surface area contributed by atoms with Crippen molar-refractivity contribution in [1.29, 1.82) is 0 Å². The summed E-state index contributed by atoms with van der Waals surface area (Å²) in [5.41, 5.74) is 5.62. The van der Waals surface area contributed by atoms with Gasteiger partial charge >= 0.3 is 0 Å². The monoisotopic (exact) mass is 565 g/mol. The van der Waals surface area contributed by atoms with Crippen LogP contribution >= 0.6 is 11.9 Å². The number of nitrogens with one attached hydrogen (secondary N) is 1. The van der Waals surface area contributed by atoms with E-state index in [0.29, 0.717) is 36.9 Å². The molecule has 208 valence electrons. The highest BCUT2D eigenvalue weighted by atomic mass is 32.2. The van der Waals surface area contributed by atoms with Gasteiger partial charge < -0.3 is 14.2 Å². The molecule has 0 aliphatic carbocycles. The van der Waals surface area contributed by atoms with Crippen LogP contribution in [0.4, 0.5) is 5.95 Å². The van der Waals surface area contributed by atoms with Crippen LogP contribution in [0.3, 0.4) is 0 Å². The molecule has 5 aromatic rings. The Labute approximate surface area is 243 Å². The molecular formula is C31H31N7O2S. The molecule has 1 aliphatic heterocycles. The summed E-state index contributed by atoms with van der Waals surface area (Å²) in [6.07, 6.45) is 8.13. The van der Waals surface area contributed by atoms with Crippen molar-refractivity contribution >= 4 is 23.8 Å². The lowest BCUT2D eigenvalue weighted by molar-refractivity contribution is 0.0771. The highest BCUT2D eigenvalue weighted by Crippen LogP contribution is 2.31. The van der Waals surface area contributed by atoms with E-state index in [1.165, 1.54) is 11.9 Å². The Morgan fingerprint density at radius 3 is 2.56 bits per heavy atom. The number of para-hydroxylation sites is 1. The number of benzene rings is 2. The maximum atomic E-state index is 13.6. The third kappa shape index (κ3) is 5.83. The van der Waals surface area contributed by atoms with E-state index in [2.05, 4.69) is 40.8 Å². The lowest BCUT2D eigenvalue weighted by Crippen LogP contribution is -2.31. The number of rotatable bonds is 8. The standard InChI is InChI=1S/C31H31N7O2S/c1-21-9-8-10-22(2)29(21)26-17-28(34-31(33-26)35-41-24-18-32-36(3)20-24)40-23-13-16-38(19-23)30(39)25-11-4-5-12-27(25)37-14-6-7-15-37/h4-12,14-15,17-18,20,23H,13,16,19H2,1-3H3,(H,33,34,35). The third-order valence-corrected chi connectivity index (χ3v) is 7.85. The molecule has 10 heteroatoms. The minimum atomic E-state index is -0.183. The molecule has 0 radical (unpaired) electrons. The van der Waals surface area contributed by atoms with Crippen LogP contribution in [-0.4, -0.2) is 54.3 Å². The van der Waals surface area contributed by atoms with E-state index >= 15 is 0 Å². The Kier molecular flexibility index (Phi) is 7.47. The Balaban J connectivity index is 1.23. The van der Waals surface area contributed by atoms with Crippen molar-refractivity contribution in [3.63, 3.8) is 0 Å². The minimum Gasteiger partial charge on any atom is -0.472 e. The number of likely N-dealkylation sites (tertiary alicyclic amines) is 1. The summed E-state index contributed by atoms with van der Waals surface area (Å²) < 4.78 is 13.4. The number of carbonyl (C=O) groups excluding carboxylic acids is 1. The van der Waals surface area contributed by atoms with Crippen molar-refractivity contribution in [3.8, 4) is 22.8 Å². The number of ether oxygens (including phenoxy) is 1. The maximum Gasteiger partial charge on any atom is 0.256 e. The van der Waals surface area contributed by atoms with Gasteiger partial charge in [-0.25, -0.2) is 4.98 Å². The SMILES string of the molecule is Cc1cccc(C)c1-c1cc(OC2CCN(C(=O)c3ccccc3-n3cccc3)C2)nc(NSc2cnn(C)c2)n1. The molecule has 1 unspecified atom stereocenters. The lowest BCUT2D eigenvalue weighted by Gasteiger charge is -2.19. The van der Waals surface area contributed by atoms with E-state index in [1.807, 2.05) is 83.6 Å². The van der Waals surface area contributed by atoms with Crippen molar-refractivity contribution in [2.24, 2.45) is 7.05 Å². The minimum absolute atomic E-state index is 0.00506. The number of carbonyl (C=O) groups is 1. The van der Waals surface area contributed by atoms with Gasteiger partial charge in [0.1, 0.15) is 6.10 Å². The quantitative estimate of drug-likeness (QED) is 0.242. The Morgan fingerprint density at radius 2 is 1.80 bits per heavy atom. The smallest absolute Gasteiger partial charge is 0.256 e. The number of anilines is 1. The Morgan fingerprint density at radius 1 is 1.02 bits per heavy atom. The van der Waals surface area contributed by atoms with Gasteiger partial charge in [-0.1, -0.05) is 30.3 Å². The van der Waals surface area contributed by atoms with Crippen LogP contribution in [0.25, 0.3) is 16.9 Å². The second kappa shape index (κ2) is 11.5. The van der Waals surface area contributed by atoms with Gasteiger partial charge in [0.25, 0.3) is 5.91 Å². The van der Waals surface area contributed by atoms with E-state index in [-0.39, 0.29) is 12.0 Å². The summed E-state index contributed by atoms with van der Waals surface area (Å²) in [7, 11) is 1.88. The normalized spacial score (nSPS) is 14.8. The number of amides is 1. The van der Waals surface area contributed by atoms with Crippen LogP contribution in [0, 0.1) is 13.8 Å². The zero-order chi connectivity index (χ0) is 28.3. The van der Waals surface area contributed by atoms with Crippen molar-refractivity contribution in [2.45, 2.75) is 31.3 Å². The molecule has 1 N–H and O–H groups in total. The molecule has 6 rings (SSSR count). The predicted octanol–water partition coefficient (Wildman–Crippen LogP) is 5.70. The number of aryl methyl sites for hydroxylation is 3. The molecule has 1 aliphatic rings. The average molecular weight is 566 g/mol. The molecule has 3 aromatic heterocycles. The van der Waals surface area contributed by atoms with E-state index in [1.54, 1.807) is 10.9 Å². The summed E-state index contributed by atoms with van der Waals surface area (Å²) in [5.74, 6) is 0.911. The second-order valence-corrected chi connectivity index (χ2v) is 11.0. The van der Waals surface area contributed by atoms with E-state index in [4.69, 9.17) is 9.72 Å². The van der Waals surface area contributed by atoms with E-state index in [9.17, 15) is 4.79 Å². The first-order valence-electron chi connectivity index (χ1n) is 13.5. The van der Waals surface area contributed by atoms with Crippen molar-refractivity contribution in [3.05, 3.63) is 102 Å². The molecule has 41 heavy (non-hydrogen) atoms. The van der Waals surface area contributed by atoms with Crippen LogP contribution in [0.15, 0.2) is 90.3 Å². The lowest BCUT2D eigenvalue weighted by atomic mass is 10.00. The first kappa shape index (κ1) is 26.6. The van der Waals surface area contributed by atoms with Gasteiger partial charge in [0.05, 0.1) is 34.6 Å². The fraction of sp³-hybridized carbons (Fsp3) is 0.226. The van der Waals surface area contributed by atoms with Crippen molar-refractivity contribution in [2.75, 3.05) is 17.8 Å². The number of hydrogen-bond acceptors (Lipinski definition) is 7.